The van der Waals surface area contributed by atoms with Gasteiger partial charge in [-0.2, -0.15) is 0 Å². The van der Waals surface area contributed by atoms with Crippen LogP contribution < -0.4 is 4.74 Å². The van der Waals surface area contributed by atoms with Crippen LogP contribution in [0.4, 0.5) is 9.18 Å². The lowest BCUT2D eigenvalue weighted by Crippen LogP contribution is -2.26. The van der Waals surface area contributed by atoms with E-state index >= 15 is 0 Å². The fourth-order valence-corrected chi connectivity index (χ4v) is 1.64. The highest BCUT2D eigenvalue weighted by Gasteiger charge is 2.21. The number of carbonyl (C=O) groups is 1. The van der Waals surface area contributed by atoms with Crippen LogP contribution >= 0.6 is 0 Å². The molecule has 0 aromatic carbocycles. The molecule has 2 aromatic rings. The Morgan fingerprint density at radius 2 is 2.11 bits per heavy atom. The highest BCUT2D eigenvalue weighted by Crippen LogP contribution is 2.25. The largest absolute Gasteiger partial charge is 0.492 e. The van der Waals surface area contributed by atoms with Gasteiger partial charge in [-0.15, -0.1) is 0 Å². The molecule has 0 aliphatic heterocycles. The third kappa shape index (κ3) is 2.52. The number of carbonyl (C=O) groups excluding carboxylic acids is 1. The maximum Gasteiger partial charge on any atom is 0.420 e. The van der Waals surface area contributed by atoms with E-state index in [0.717, 1.165) is 0 Å². The lowest BCUT2D eigenvalue weighted by molar-refractivity contribution is 0.0543. The van der Waals surface area contributed by atoms with Crippen LogP contribution in [-0.2, 0) is 4.74 Å². The fourth-order valence-electron chi connectivity index (χ4n) is 1.64. The van der Waals surface area contributed by atoms with Gasteiger partial charge in [0.05, 0.1) is 18.7 Å². The molecule has 0 spiro atoms. The third-order valence-electron chi connectivity index (χ3n) is 2.43. The summed E-state index contributed by atoms with van der Waals surface area (Å²) in [5.41, 5.74) is -0.425. The summed E-state index contributed by atoms with van der Waals surface area (Å²) in [4.78, 5) is 16.0. The van der Waals surface area contributed by atoms with Crippen molar-refractivity contribution in [3.63, 3.8) is 0 Å². The molecule has 0 bridgehead atoms. The van der Waals surface area contributed by atoms with Gasteiger partial charge in [0.2, 0.25) is 0 Å². The summed E-state index contributed by atoms with van der Waals surface area (Å²) in [5.74, 6) is -0.510. The van der Waals surface area contributed by atoms with Gasteiger partial charge in [0.15, 0.2) is 17.2 Å². The maximum absolute atomic E-state index is 14.0. The zero-order valence-corrected chi connectivity index (χ0v) is 11.2. The van der Waals surface area contributed by atoms with Gasteiger partial charge in [-0.3, -0.25) is 0 Å². The summed E-state index contributed by atoms with van der Waals surface area (Å²) in [5, 5.41) is 0.213. The maximum atomic E-state index is 14.0. The van der Waals surface area contributed by atoms with Gasteiger partial charge in [0.25, 0.3) is 0 Å². The van der Waals surface area contributed by atoms with Crippen LogP contribution in [0.3, 0.4) is 0 Å². The van der Waals surface area contributed by atoms with E-state index in [-0.39, 0.29) is 16.8 Å². The smallest absolute Gasteiger partial charge is 0.420 e. The van der Waals surface area contributed by atoms with Gasteiger partial charge in [-0.05, 0) is 26.8 Å². The number of methoxy groups -OCH3 is 1. The Labute approximate surface area is 109 Å². The number of ether oxygens (including phenoxy) is 2. The molecule has 0 aliphatic carbocycles. The minimum atomic E-state index is -0.626. The third-order valence-corrected chi connectivity index (χ3v) is 2.43. The molecule has 0 radical (unpaired) electrons. The van der Waals surface area contributed by atoms with Gasteiger partial charge in [-0.25, -0.2) is 18.7 Å². The number of halogens is 1. The number of aromatic nitrogens is 2. The van der Waals surface area contributed by atoms with Gasteiger partial charge < -0.3 is 9.47 Å². The average molecular weight is 266 g/mol. The normalized spacial score (nSPS) is 11.6. The second kappa shape index (κ2) is 4.53. The molecule has 2 heterocycles. The summed E-state index contributed by atoms with van der Waals surface area (Å²) >= 11 is 0. The zero-order chi connectivity index (χ0) is 14.2. The number of fused-ring (bicyclic) bond motifs is 1. The van der Waals surface area contributed by atoms with E-state index in [1.807, 2.05) is 0 Å². The molecule has 0 aliphatic rings. The number of hydrogen-bond acceptors (Lipinski definition) is 4. The van der Waals surface area contributed by atoms with E-state index in [0.29, 0.717) is 0 Å². The highest BCUT2D eigenvalue weighted by molar-refractivity contribution is 5.88. The van der Waals surface area contributed by atoms with E-state index in [1.165, 1.54) is 30.1 Å². The van der Waals surface area contributed by atoms with Crippen LogP contribution in [0.5, 0.6) is 5.75 Å². The number of pyridine rings is 1. The number of rotatable bonds is 1. The minimum Gasteiger partial charge on any atom is -0.492 e. The second-order valence-corrected chi connectivity index (χ2v) is 5.04. The Morgan fingerprint density at radius 1 is 1.42 bits per heavy atom. The van der Waals surface area contributed by atoms with Crippen molar-refractivity contribution >= 4 is 17.1 Å². The van der Waals surface area contributed by atoms with Crippen molar-refractivity contribution in [2.24, 2.45) is 0 Å². The molecular formula is C13H15FN2O3. The van der Waals surface area contributed by atoms with Crippen molar-refractivity contribution in [2.45, 2.75) is 26.4 Å². The fraction of sp³-hybridized carbons (Fsp3) is 0.385. The van der Waals surface area contributed by atoms with E-state index < -0.39 is 17.5 Å². The topological polar surface area (TPSA) is 53.4 Å². The first-order valence-electron chi connectivity index (χ1n) is 5.76. The van der Waals surface area contributed by atoms with E-state index in [9.17, 15) is 9.18 Å². The molecule has 0 atom stereocenters. The summed E-state index contributed by atoms with van der Waals surface area (Å²) in [6.07, 6.45) is 2.06. The first-order valence-corrected chi connectivity index (χ1v) is 5.76. The van der Waals surface area contributed by atoms with Crippen LogP contribution in [0, 0.1) is 5.82 Å². The summed E-state index contributed by atoms with van der Waals surface area (Å²) in [7, 11) is 1.36. The summed E-state index contributed by atoms with van der Waals surface area (Å²) in [6, 6.07) is 1.46. The molecule has 0 fully saturated rings. The van der Waals surface area contributed by atoms with Crippen LogP contribution in [0.1, 0.15) is 20.8 Å². The van der Waals surface area contributed by atoms with Gasteiger partial charge in [0, 0.05) is 6.20 Å². The van der Waals surface area contributed by atoms with Gasteiger partial charge in [0.1, 0.15) is 5.60 Å². The Balaban J connectivity index is 2.47. The second-order valence-electron chi connectivity index (χ2n) is 5.04. The molecule has 6 heteroatoms. The molecule has 2 aromatic heterocycles. The van der Waals surface area contributed by atoms with Crippen molar-refractivity contribution < 1.29 is 18.7 Å². The highest BCUT2D eigenvalue weighted by atomic mass is 19.1. The molecule has 0 N–H and O–H groups in total. The van der Waals surface area contributed by atoms with Gasteiger partial charge in [-0.1, -0.05) is 0 Å². The van der Waals surface area contributed by atoms with E-state index in [1.54, 1.807) is 20.8 Å². The quantitative estimate of drug-likeness (QED) is 0.796. The van der Waals surface area contributed by atoms with Crippen molar-refractivity contribution in [1.82, 2.24) is 9.55 Å². The van der Waals surface area contributed by atoms with E-state index in [4.69, 9.17) is 9.47 Å². The van der Waals surface area contributed by atoms with Crippen molar-refractivity contribution in [2.75, 3.05) is 7.11 Å². The minimum absolute atomic E-state index is 0.0365. The van der Waals surface area contributed by atoms with Crippen molar-refractivity contribution in [3.05, 3.63) is 24.3 Å². The first-order chi connectivity index (χ1) is 8.83. The Bertz CT molecular complexity index is 629. The average Bonchev–Trinajstić information content (AvgIpc) is 2.72. The molecule has 0 amide bonds. The molecule has 0 saturated carbocycles. The predicted molar refractivity (Wildman–Crippen MR) is 67.9 cm³/mol. The number of hydrogen-bond donors (Lipinski definition) is 0. The Hall–Kier alpha value is -2.11. The predicted octanol–water partition coefficient (Wildman–Crippen LogP) is 2.97. The summed E-state index contributed by atoms with van der Waals surface area (Å²) in [6.45, 7) is 5.27. The first kappa shape index (κ1) is 13.3. The number of nitrogens with zero attached hydrogens (tertiary/aromatic N) is 2. The molecule has 0 saturated heterocycles. The molecule has 19 heavy (non-hydrogen) atoms. The molecular weight excluding hydrogens is 251 g/mol. The van der Waals surface area contributed by atoms with Crippen molar-refractivity contribution in [3.8, 4) is 5.75 Å². The Morgan fingerprint density at radius 3 is 2.68 bits per heavy atom. The lowest BCUT2D eigenvalue weighted by atomic mass is 10.2. The molecule has 2 rings (SSSR count). The standard InChI is InChI=1S/C13H15FN2O3/c1-13(2,3)19-12(17)16-6-5-8-10(14)9(18-4)7-15-11(8)16/h5-7H,1-4H3. The SMILES string of the molecule is COc1cnc2c(ccn2C(=O)OC(C)(C)C)c1F. The zero-order valence-electron chi connectivity index (χ0n) is 11.2. The van der Waals surface area contributed by atoms with Crippen LogP contribution in [0.25, 0.3) is 11.0 Å². The van der Waals surface area contributed by atoms with E-state index in [2.05, 4.69) is 4.98 Å². The molecule has 5 nitrogen and oxygen atoms in total. The van der Waals surface area contributed by atoms with Crippen LogP contribution in [0.2, 0.25) is 0 Å². The Kier molecular flexibility index (Phi) is 3.18. The lowest BCUT2D eigenvalue weighted by Gasteiger charge is -2.19. The molecule has 0 unspecified atom stereocenters. The van der Waals surface area contributed by atoms with Gasteiger partial charge >= 0.3 is 6.09 Å². The van der Waals surface area contributed by atoms with Crippen LogP contribution in [-0.4, -0.2) is 28.4 Å². The monoisotopic (exact) mass is 266 g/mol. The van der Waals surface area contributed by atoms with Crippen LogP contribution in [0.15, 0.2) is 18.5 Å². The molecule has 102 valence electrons. The van der Waals surface area contributed by atoms with Crippen molar-refractivity contribution in [1.29, 1.82) is 0 Å². The summed E-state index contributed by atoms with van der Waals surface area (Å²) < 4.78 is 25.2.